The van der Waals surface area contributed by atoms with Crippen molar-refractivity contribution in [1.29, 1.82) is 0 Å². The van der Waals surface area contributed by atoms with E-state index >= 15 is 0 Å². The molecule has 0 saturated heterocycles. The van der Waals surface area contributed by atoms with Crippen LogP contribution in [0.4, 0.5) is 0 Å². The molecule has 0 aliphatic carbocycles. The van der Waals surface area contributed by atoms with Crippen molar-refractivity contribution in [1.82, 2.24) is 9.47 Å². The van der Waals surface area contributed by atoms with E-state index in [0.29, 0.717) is 19.6 Å². The summed E-state index contributed by atoms with van der Waals surface area (Å²) in [7, 11) is 1.68. The first kappa shape index (κ1) is 19.4. The van der Waals surface area contributed by atoms with Gasteiger partial charge >= 0.3 is 0 Å². The van der Waals surface area contributed by atoms with Gasteiger partial charge < -0.3 is 23.9 Å². The van der Waals surface area contributed by atoms with Crippen LogP contribution in [-0.2, 0) is 13.1 Å². The van der Waals surface area contributed by atoms with E-state index in [-0.39, 0.29) is 6.79 Å². The van der Waals surface area contributed by atoms with Gasteiger partial charge in [0.15, 0.2) is 11.5 Å². The van der Waals surface area contributed by atoms with E-state index in [4.69, 9.17) is 14.2 Å². The summed E-state index contributed by atoms with van der Waals surface area (Å²) in [4.78, 5) is 2.23. The first-order chi connectivity index (χ1) is 14.1. The van der Waals surface area contributed by atoms with Gasteiger partial charge in [-0.1, -0.05) is 18.2 Å². The lowest BCUT2D eigenvalue weighted by molar-refractivity contribution is 0.117. The maximum Gasteiger partial charge on any atom is 0.231 e. The maximum absolute atomic E-state index is 10.0. The number of aliphatic hydroxyl groups excluding tert-OH is 1. The van der Waals surface area contributed by atoms with Crippen LogP contribution in [0.3, 0.4) is 0 Å². The number of fused-ring (bicyclic) bond motifs is 1. The molecule has 2 aromatic carbocycles. The predicted octanol–water partition coefficient (Wildman–Crippen LogP) is 3.60. The van der Waals surface area contributed by atoms with Gasteiger partial charge in [0, 0.05) is 31.5 Å². The van der Waals surface area contributed by atoms with Crippen LogP contribution in [0.15, 0.2) is 60.8 Å². The van der Waals surface area contributed by atoms with Crippen molar-refractivity contribution in [3.8, 4) is 22.9 Å². The Hall–Kier alpha value is -2.96. The second-order valence-corrected chi connectivity index (χ2v) is 7.25. The molecule has 1 aliphatic rings. The second kappa shape index (κ2) is 8.59. The molecule has 0 radical (unpaired) electrons. The molecule has 29 heavy (non-hydrogen) atoms. The van der Waals surface area contributed by atoms with Gasteiger partial charge in [0.05, 0.1) is 18.9 Å². The van der Waals surface area contributed by atoms with Crippen molar-refractivity contribution >= 4 is 0 Å². The predicted molar refractivity (Wildman–Crippen MR) is 111 cm³/mol. The van der Waals surface area contributed by atoms with E-state index in [0.717, 1.165) is 34.2 Å². The summed E-state index contributed by atoms with van der Waals surface area (Å²) in [5, 5.41) is 10.0. The summed E-state index contributed by atoms with van der Waals surface area (Å²) in [5.41, 5.74) is 3.23. The molecule has 1 N–H and O–H groups in total. The van der Waals surface area contributed by atoms with E-state index in [9.17, 15) is 5.11 Å². The minimum Gasteiger partial charge on any atom is -0.495 e. The lowest BCUT2D eigenvalue weighted by atomic mass is 10.1. The molecule has 0 bridgehead atoms. The van der Waals surface area contributed by atoms with Crippen molar-refractivity contribution in [2.24, 2.45) is 0 Å². The number of hydrogen-bond acceptors (Lipinski definition) is 5. The van der Waals surface area contributed by atoms with Crippen molar-refractivity contribution in [3.05, 3.63) is 72.1 Å². The van der Waals surface area contributed by atoms with Crippen LogP contribution in [-0.4, -0.2) is 41.1 Å². The number of benzene rings is 2. The molecule has 1 aliphatic heterocycles. The van der Waals surface area contributed by atoms with Gasteiger partial charge in [-0.15, -0.1) is 0 Å². The standard InChI is InChI=1S/C23H26N2O4/c1-17(26)13-24(14-18-9-10-22-23(12-18)29-16-28-22)15-19-6-5-11-25(19)20-7-3-4-8-21(20)27-2/h3-12,17,26H,13-16H2,1-2H3/t17-/m0/s1. The van der Waals surface area contributed by atoms with E-state index < -0.39 is 6.10 Å². The molecular weight excluding hydrogens is 368 g/mol. The second-order valence-electron chi connectivity index (χ2n) is 7.25. The summed E-state index contributed by atoms with van der Waals surface area (Å²) < 4.78 is 18.6. The highest BCUT2D eigenvalue weighted by molar-refractivity contribution is 5.48. The highest BCUT2D eigenvalue weighted by atomic mass is 16.7. The Kier molecular flexibility index (Phi) is 5.74. The Morgan fingerprint density at radius 2 is 1.90 bits per heavy atom. The average molecular weight is 394 g/mol. The van der Waals surface area contributed by atoms with Crippen molar-refractivity contribution in [3.63, 3.8) is 0 Å². The largest absolute Gasteiger partial charge is 0.495 e. The summed E-state index contributed by atoms with van der Waals surface area (Å²) in [6.07, 6.45) is 1.60. The van der Waals surface area contributed by atoms with Gasteiger partial charge in [-0.25, -0.2) is 0 Å². The monoisotopic (exact) mass is 394 g/mol. The molecule has 2 heterocycles. The Labute approximate surface area is 170 Å². The third-order valence-corrected chi connectivity index (χ3v) is 4.93. The molecule has 0 saturated carbocycles. The van der Waals surface area contributed by atoms with E-state index in [1.807, 2.05) is 61.7 Å². The number of rotatable bonds is 8. The summed E-state index contributed by atoms with van der Waals surface area (Å²) >= 11 is 0. The van der Waals surface area contributed by atoms with Gasteiger partial charge in [0.25, 0.3) is 0 Å². The van der Waals surface area contributed by atoms with Crippen LogP contribution >= 0.6 is 0 Å². The SMILES string of the molecule is COc1ccccc1-n1cccc1CN(Cc1ccc2c(c1)OCO2)C[C@H](C)O. The molecule has 0 amide bonds. The Morgan fingerprint density at radius 1 is 1.07 bits per heavy atom. The zero-order valence-electron chi connectivity index (χ0n) is 16.7. The quantitative estimate of drug-likeness (QED) is 0.633. The average Bonchev–Trinajstić information content (AvgIpc) is 3.36. The molecule has 1 aromatic heterocycles. The van der Waals surface area contributed by atoms with Crippen LogP contribution in [0.2, 0.25) is 0 Å². The molecule has 4 rings (SSSR count). The number of ether oxygens (including phenoxy) is 3. The van der Waals surface area contributed by atoms with E-state index in [1.54, 1.807) is 7.11 Å². The highest BCUT2D eigenvalue weighted by Gasteiger charge is 2.17. The smallest absolute Gasteiger partial charge is 0.231 e. The third-order valence-electron chi connectivity index (χ3n) is 4.93. The number of hydrogen-bond donors (Lipinski definition) is 1. The Morgan fingerprint density at radius 3 is 2.72 bits per heavy atom. The van der Waals surface area contributed by atoms with Gasteiger partial charge in [-0.05, 0) is 48.9 Å². The fourth-order valence-electron chi connectivity index (χ4n) is 3.69. The van der Waals surface area contributed by atoms with Crippen LogP contribution in [0.25, 0.3) is 5.69 Å². The lowest BCUT2D eigenvalue weighted by Gasteiger charge is -2.25. The number of para-hydroxylation sites is 2. The maximum atomic E-state index is 10.0. The summed E-state index contributed by atoms with van der Waals surface area (Å²) in [5.74, 6) is 2.38. The van der Waals surface area contributed by atoms with Crippen LogP contribution in [0.5, 0.6) is 17.2 Å². The van der Waals surface area contributed by atoms with Crippen LogP contribution in [0, 0.1) is 0 Å². The van der Waals surface area contributed by atoms with E-state index in [2.05, 4.69) is 15.5 Å². The van der Waals surface area contributed by atoms with Crippen molar-refractivity contribution < 1.29 is 19.3 Å². The molecular formula is C23H26N2O4. The number of aromatic nitrogens is 1. The Balaban J connectivity index is 1.57. The zero-order chi connectivity index (χ0) is 20.2. The third kappa shape index (κ3) is 4.39. The molecule has 0 fully saturated rings. The lowest BCUT2D eigenvalue weighted by Crippen LogP contribution is -2.31. The van der Waals surface area contributed by atoms with Gasteiger partial charge in [0.1, 0.15) is 5.75 Å². The molecule has 6 heteroatoms. The summed E-state index contributed by atoms with van der Waals surface area (Å²) in [6.45, 7) is 4.02. The highest BCUT2D eigenvalue weighted by Crippen LogP contribution is 2.33. The first-order valence-corrected chi connectivity index (χ1v) is 9.72. The minimum absolute atomic E-state index is 0.266. The van der Waals surface area contributed by atoms with Gasteiger partial charge in [-0.2, -0.15) is 0 Å². The van der Waals surface area contributed by atoms with Crippen LogP contribution in [0.1, 0.15) is 18.2 Å². The molecule has 1 atom stereocenters. The van der Waals surface area contributed by atoms with Crippen LogP contribution < -0.4 is 14.2 Å². The van der Waals surface area contributed by atoms with Gasteiger partial charge in [0.2, 0.25) is 6.79 Å². The number of methoxy groups -OCH3 is 1. The fraction of sp³-hybridized carbons (Fsp3) is 0.304. The molecule has 3 aromatic rings. The molecule has 152 valence electrons. The molecule has 0 spiro atoms. The Bertz CT molecular complexity index is 967. The first-order valence-electron chi connectivity index (χ1n) is 9.72. The fourth-order valence-corrected chi connectivity index (χ4v) is 3.69. The zero-order valence-corrected chi connectivity index (χ0v) is 16.7. The van der Waals surface area contributed by atoms with Crippen molar-refractivity contribution in [2.75, 3.05) is 20.4 Å². The van der Waals surface area contributed by atoms with E-state index in [1.165, 1.54) is 0 Å². The number of aliphatic hydroxyl groups is 1. The minimum atomic E-state index is -0.432. The van der Waals surface area contributed by atoms with Crippen molar-refractivity contribution in [2.45, 2.75) is 26.1 Å². The molecule has 0 unspecified atom stereocenters. The summed E-state index contributed by atoms with van der Waals surface area (Å²) in [6, 6.07) is 18.1. The topological polar surface area (TPSA) is 56.1 Å². The van der Waals surface area contributed by atoms with Gasteiger partial charge in [-0.3, -0.25) is 4.90 Å². The molecule has 6 nitrogen and oxygen atoms in total. The normalized spacial score (nSPS) is 13.7. The number of nitrogens with zero attached hydrogens (tertiary/aromatic N) is 2.